The second kappa shape index (κ2) is 5.40. The Morgan fingerprint density at radius 2 is 1.79 bits per heavy atom. The normalized spacial score (nSPS) is 35.9. The molecule has 2 rings (SSSR count). The maximum atomic E-state index is 11.6. The molecule has 1 heterocycles. The van der Waals surface area contributed by atoms with Crippen molar-refractivity contribution in [1.29, 1.82) is 0 Å². The molecule has 2 fully saturated rings. The molecule has 0 amide bonds. The van der Waals surface area contributed by atoms with Gasteiger partial charge in [0.2, 0.25) is 0 Å². The fourth-order valence-electron chi connectivity index (χ4n) is 3.09. The molecule has 1 saturated carbocycles. The molecule has 5 nitrogen and oxygen atoms in total. The first-order valence-corrected chi connectivity index (χ1v) is 8.81. The van der Waals surface area contributed by atoms with Crippen LogP contribution in [-0.2, 0) is 14.6 Å². The number of carboxylic acid groups (broad SMARTS) is 1. The fraction of sp³-hybridized carbons (Fsp3) is 0.923. The number of carbonyl (C=O) groups is 1. The largest absolute Gasteiger partial charge is 0.481 e. The summed E-state index contributed by atoms with van der Waals surface area (Å²) >= 11 is 0. The lowest BCUT2D eigenvalue weighted by Gasteiger charge is -2.40. The first-order valence-electron chi connectivity index (χ1n) is 6.99. The number of carboxylic acids is 1. The van der Waals surface area contributed by atoms with Crippen LogP contribution in [0.4, 0.5) is 0 Å². The molecule has 1 saturated heterocycles. The minimum atomic E-state index is -2.89. The average molecular weight is 289 g/mol. The van der Waals surface area contributed by atoms with Crippen LogP contribution in [0.5, 0.6) is 0 Å². The summed E-state index contributed by atoms with van der Waals surface area (Å²) in [7, 11) is -2.89. The lowest BCUT2D eigenvalue weighted by molar-refractivity contribution is -0.153. The Labute approximate surface area is 114 Å². The van der Waals surface area contributed by atoms with Gasteiger partial charge in [0, 0.05) is 19.6 Å². The SMILES string of the molecule is CC1CCC(CN2CCS(=O)(=O)CC2)(C(=O)O)CC1. The van der Waals surface area contributed by atoms with Gasteiger partial charge in [0.25, 0.3) is 0 Å². The summed E-state index contributed by atoms with van der Waals surface area (Å²) in [5.74, 6) is 0.222. The summed E-state index contributed by atoms with van der Waals surface area (Å²) in [6.07, 6.45) is 3.34. The van der Waals surface area contributed by atoms with Crippen LogP contribution in [0.3, 0.4) is 0 Å². The highest BCUT2D eigenvalue weighted by atomic mass is 32.2. The number of hydrogen-bond acceptors (Lipinski definition) is 4. The Balaban J connectivity index is 2.00. The van der Waals surface area contributed by atoms with Crippen LogP contribution < -0.4 is 0 Å². The van der Waals surface area contributed by atoms with Gasteiger partial charge in [0.15, 0.2) is 9.84 Å². The third-order valence-electron chi connectivity index (χ3n) is 4.65. The van der Waals surface area contributed by atoms with E-state index in [9.17, 15) is 18.3 Å². The Kier molecular flexibility index (Phi) is 4.20. The predicted octanol–water partition coefficient (Wildman–Crippen LogP) is 0.998. The molecule has 0 radical (unpaired) electrons. The molecule has 1 aliphatic carbocycles. The van der Waals surface area contributed by atoms with Gasteiger partial charge in [0.1, 0.15) is 0 Å². The van der Waals surface area contributed by atoms with E-state index < -0.39 is 21.2 Å². The zero-order chi connectivity index (χ0) is 14.1. The minimum absolute atomic E-state index is 0.166. The lowest BCUT2D eigenvalue weighted by Crippen LogP contribution is -2.49. The molecule has 0 atom stereocenters. The maximum Gasteiger partial charge on any atom is 0.310 e. The molecule has 19 heavy (non-hydrogen) atoms. The van der Waals surface area contributed by atoms with Crippen molar-refractivity contribution >= 4 is 15.8 Å². The van der Waals surface area contributed by atoms with Gasteiger partial charge in [-0.05, 0) is 31.6 Å². The summed E-state index contributed by atoms with van der Waals surface area (Å²) < 4.78 is 22.8. The van der Waals surface area contributed by atoms with Gasteiger partial charge in [-0.1, -0.05) is 6.92 Å². The van der Waals surface area contributed by atoms with Gasteiger partial charge in [-0.25, -0.2) is 8.42 Å². The molecule has 0 spiro atoms. The van der Waals surface area contributed by atoms with Crippen molar-refractivity contribution < 1.29 is 18.3 Å². The standard InChI is InChI=1S/C13H23NO4S/c1-11-2-4-13(5-3-11,12(15)16)10-14-6-8-19(17,18)9-7-14/h11H,2-10H2,1H3,(H,15,16). The second-order valence-electron chi connectivity index (χ2n) is 6.20. The molecule has 0 aromatic rings. The van der Waals surface area contributed by atoms with Gasteiger partial charge >= 0.3 is 5.97 Å². The molecule has 1 N–H and O–H groups in total. The van der Waals surface area contributed by atoms with E-state index in [0.29, 0.717) is 38.4 Å². The van der Waals surface area contributed by atoms with Crippen LogP contribution in [0, 0.1) is 11.3 Å². The predicted molar refractivity (Wildman–Crippen MR) is 72.8 cm³/mol. The van der Waals surface area contributed by atoms with Crippen molar-refractivity contribution in [3.05, 3.63) is 0 Å². The van der Waals surface area contributed by atoms with Gasteiger partial charge in [-0.2, -0.15) is 0 Å². The lowest BCUT2D eigenvalue weighted by atomic mass is 9.70. The van der Waals surface area contributed by atoms with E-state index in [2.05, 4.69) is 6.92 Å². The van der Waals surface area contributed by atoms with Crippen LogP contribution in [0.1, 0.15) is 32.6 Å². The van der Waals surface area contributed by atoms with E-state index >= 15 is 0 Å². The van der Waals surface area contributed by atoms with Crippen molar-refractivity contribution in [3.8, 4) is 0 Å². The highest BCUT2D eigenvalue weighted by molar-refractivity contribution is 7.91. The number of nitrogens with zero attached hydrogens (tertiary/aromatic N) is 1. The zero-order valence-electron chi connectivity index (χ0n) is 11.5. The number of aliphatic carboxylic acids is 1. The van der Waals surface area contributed by atoms with Crippen LogP contribution in [-0.4, -0.2) is 55.5 Å². The van der Waals surface area contributed by atoms with Gasteiger partial charge in [-0.15, -0.1) is 0 Å². The number of sulfone groups is 1. The number of rotatable bonds is 3. The summed E-state index contributed by atoms with van der Waals surface area (Å²) in [6.45, 7) is 3.63. The van der Waals surface area contributed by atoms with Crippen molar-refractivity contribution in [2.75, 3.05) is 31.1 Å². The fourth-order valence-corrected chi connectivity index (χ4v) is 4.37. The van der Waals surface area contributed by atoms with Crippen molar-refractivity contribution in [2.24, 2.45) is 11.3 Å². The molecule has 0 aromatic carbocycles. The van der Waals surface area contributed by atoms with Crippen molar-refractivity contribution in [3.63, 3.8) is 0 Å². The van der Waals surface area contributed by atoms with Crippen LogP contribution >= 0.6 is 0 Å². The third kappa shape index (κ3) is 3.48. The molecule has 1 aliphatic heterocycles. The summed E-state index contributed by atoms with van der Waals surface area (Å²) in [5, 5.41) is 9.56. The van der Waals surface area contributed by atoms with E-state index in [1.807, 2.05) is 4.90 Å². The Morgan fingerprint density at radius 3 is 2.26 bits per heavy atom. The van der Waals surface area contributed by atoms with Gasteiger partial charge < -0.3 is 10.0 Å². The molecule has 2 aliphatic rings. The number of hydrogen-bond donors (Lipinski definition) is 1. The summed E-state index contributed by atoms with van der Waals surface area (Å²) in [4.78, 5) is 13.7. The zero-order valence-corrected chi connectivity index (χ0v) is 12.3. The van der Waals surface area contributed by atoms with E-state index in [1.54, 1.807) is 0 Å². The van der Waals surface area contributed by atoms with Crippen LogP contribution in [0.25, 0.3) is 0 Å². The topological polar surface area (TPSA) is 74.7 Å². The molecule has 0 unspecified atom stereocenters. The van der Waals surface area contributed by atoms with Crippen LogP contribution in [0.2, 0.25) is 0 Å². The van der Waals surface area contributed by atoms with Crippen LogP contribution in [0.15, 0.2) is 0 Å². The highest BCUT2D eigenvalue weighted by Crippen LogP contribution is 2.40. The van der Waals surface area contributed by atoms with E-state index in [-0.39, 0.29) is 11.5 Å². The van der Waals surface area contributed by atoms with E-state index in [4.69, 9.17) is 0 Å². The summed E-state index contributed by atoms with van der Waals surface area (Å²) in [6, 6.07) is 0. The minimum Gasteiger partial charge on any atom is -0.481 e. The molecule has 110 valence electrons. The summed E-state index contributed by atoms with van der Waals surface area (Å²) in [5.41, 5.74) is -0.659. The Bertz CT molecular complexity index is 424. The molecular formula is C13H23NO4S. The van der Waals surface area contributed by atoms with Crippen molar-refractivity contribution in [1.82, 2.24) is 4.90 Å². The van der Waals surface area contributed by atoms with E-state index in [1.165, 1.54) is 0 Å². The molecule has 0 aromatic heterocycles. The smallest absolute Gasteiger partial charge is 0.310 e. The second-order valence-corrected chi connectivity index (χ2v) is 8.50. The quantitative estimate of drug-likeness (QED) is 0.839. The first-order chi connectivity index (χ1) is 8.83. The maximum absolute atomic E-state index is 11.6. The Morgan fingerprint density at radius 1 is 1.26 bits per heavy atom. The molecule has 6 heteroatoms. The van der Waals surface area contributed by atoms with Gasteiger partial charge in [-0.3, -0.25) is 4.79 Å². The molecule has 0 bridgehead atoms. The average Bonchev–Trinajstić information content (AvgIpc) is 2.35. The highest BCUT2D eigenvalue weighted by Gasteiger charge is 2.43. The van der Waals surface area contributed by atoms with Gasteiger partial charge in [0.05, 0.1) is 16.9 Å². The monoisotopic (exact) mass is 289 g/mol. The Hall–Kier alpha value is -0.620. The molecular weight excluding hydrogens is 266 g/mol. The van der Waals surface area contributed by atoms with Crippen molar-refractivity contribution in [2.45, 2.75) is 32.6 Å². The van der Waals surface area contributed by atoms with E-state index in [0.717, 1.165) is 12.8 Å². The first kappa shape index (κ1) is 14.8. The third-order valence-corrected chi connectivity index (χ3v) is 6.26.